The Kier molecular flexibility index (Phi) is 5.10. The molecule has 0 aliphatic heterocycles. The molecule has 4 heteroatoms. The van der Waals surface area contributed by atoms with Crippen molar-refractivity contribution in [2.45, 2.75) is 39.7 Å². The molecule has 0 bridgehead atoms. The van der Waals surface area contributed by atoms with Gasteiger partial charge in [0, 0.05) is 12.0 Å². The SMILES string of the molecule is CCC(=O)c1ccccc1OCC(=O)NC(C)(C)C. The monoisotopic (exact) mass is 263 g/mol. The van der Waals surface area contributed by atoms with Gasteiger partial charge in [0.25, 0.3) is 5.91 Å². The molecule has 0 aromatic heterocycles. The minimum absolute atomic E-state index is 0.00632. The quantitative estimate of drug-likeness (QED) is 0.831. The highest BCUT2D eigenvalue weighted by Gasteiger charge is 2.15. The summed E-state index contributed by atoms with van der Waals surface area (Å²) in [6.07, 6.45) is 0.411. The summed E-state index contributed by atoms with van der Waals surface area (Å²) in [7, 11) is 0. The molecule has 0 fully saturated rings. The van der Waals surface area contributed by atoms with Gasteiger partial charge in [0.05, 0.1) is 5.56 Å². The second kappa shape index (κ2) is 6.36. The lowest BCUT2D eigenvalue weighted by Gasteiger charge is -2.20. The Balaban J connectivity index is 2.68. The number of hydrogen-bond donors (Lipinski definition) is 1. The van der Waals surface area contributed by atoms with E-state index < -0.39 is 0 Å². The van der Waals surface area contributed by atoms with Crippen LogP contribution in [0.5, 0.6) is 5.75 Å². The number of para-hydroxylation sites is 1. The van der Waals surface area contributed by atoms with E-state index in [1.54, 1.807) is 31.2 Å². The van der Waals surface area contributed by atoms with Crippen LogP contribution in [-0.2, 0) is 4.79 Å². The van der Waals surface area contributed by atoms with E-state index in [1.165, 1.54) is 0 Å². The van der Waals surface area contributed by atoms with Gasteiger partial charge in [-0.15, -0.1) is 0 Å². The van der Waals surface area contributed by atoms with Gasteiger partial charge in [-0.05, 0) is 32.9 Å². The highest BCUT2D eigenvalue weighted by atomic mass is 16.5. The highest BCUT2D eigenvalue weighted by Crippen LogP contribution is 2.19. The van der Waals surface area contributed by atoms with E-state index in [9.17, 15) is 9.59 Å². The summed E-state index contributed by atoms with van der Waals surface area (Å²) < 4.78 is 5.43. The minimum atomic E-state index is -0.292. The molecular weight excluding hydrogens is 242 g/mol. The molecule has 0 unspecified atom stereocenters. The van der Waals surface area contributed by atoms with Crippen molar-refractivity contribution < 1.29 is 14.3 Å². The van der Waals surface area contributed by atoms with Crippen LogP contribution in [0.3, 0.4) is 0 Å². The van der Waals surface area contributed by atoms with Crippen molar-refractivity contribution >= 4 is 11.7 Å². The van der Waals surface area contributed by atoms with Crippen LogP contribution in [-0.4, -0.2) is 23.8 Å². The van der Waals surface area contributed by atoms with Crippen molar-refractivity contribution in [2.24, 2.45) is 0 Å². The second-order valence-electron chi connectivity index (χ2n) is 5.36. The Morgan fingerprint density at radius 3 is 2.42 bits per heavy atom. The van der Waals surface area contributed by atoms with E-state index in [0.29, 0.717) is 17.7 Å². The van der Waals surface area contributed by atoms with Gasteiger partial charge in [-0.25, -0.2) is 0 Å². The normalized spacial score (nSPS) is 10.9. The molecule has 19 heavy (non-hydrogen) atoms. The van der Waals surface area contributed by atoms with Gasteiger partial charge in [0.2, 0.25) is 0 Å². The third-order valence-corrected chi connectivity index (χ3v) is 2.38. The summed E-state index contributed by atoms with van der Waals surface area (Å²) in [6.45, 7) is 7.41. The molecule has 1 aromatic carbocycles. The first-order chi connectivity index (χ1) is 8.83. The van der Waals surface area contributed by atoms with Crippen molar-refractivity contribution in [1.29, 1.82) is 0 Å². The number of benzene rings is 1. The maximum Gasteiger partial charge on any atom is 0.258 e. The van der Waals surface area contributed by atoms with Crippen LogP contribution in [0.2, 0.25) is 0 Å². The van der Waals surface area contributed by atoms with Gasteiger partial charge in [-0.2, -0.15) is 0 Å². The van der Waals surface area contributed by atoms with Gasteiger partial charge >= 0.3 is 0 Å². The average Bonchev–Trinajstić information content (AvgIpc) is 2.33. The van der Waals surface area contributed by atoms with E-state index in [1.807, 2.05) is 20.8 Å². The zero-order valence-corrected chi connectivity index (χ0v) is 11.9. The average molecular weight is 263 g/mol. The van der Waals surface area contributed by atoms with Crippen molar-refractivity contribution in [3.63, 3.8) is 0 Å². The number of Topliss-reactive ketones (excluding diaryl/α,β-unsaturated/α-hetero) is 1. The summed E-state index contributed by atoms with van der Waals surface area (Å²) in [4.78, 5) is 23.4. The molecule has 1 amide bonds. The fourth-order valence-corrected chi connectivity index (χ4v) is 1.61. The zero-order valence-electron chi connectivity index (χ0n) is 11.9. The van der Waals surface area contributed by atoms with Crippen molar-refractivity contribution in [2.75, 3.05) is 6.61 Å². The number of hydrogen-bond acceptors (Lipinski definition) is 3. The van der Waals surface area contributed by atoms with Crippen LogP contribution >= 0.6 is 0 Å². The fourth-order valence-electron chi connectivity index (χ4n) is 1.61. The maximum atomic E-state index is 11.7. The molecule has 4 nitrogen and oxygen atoms in total. The summed E-state index contributed by atoms with van der Waals surface area (Å²) >= 11 is 0. The molecule has 0 heterocycles. The van der Waals surface area contributed by atoms with Gasteiger partial charge in [-0.3, -0.25) is 9.59 Å². The molecule has 0 atom stereocenters. The van der Waals surface area contributed by atoms with Crippen molar-refractivity contribution in [3.05, 3.63) is 29.8 Å². The predicted octanol–water partition coefficient (Wildman–Crippen LogP) is 2.57. The standard InChI is InChI=1S/C15H21NO3/c1-5-12(17)11-8-6-7-9-13(11)19-10-14(18)16-15(2,3)4/h6-9H,5,10H2,1-4H3,(H,16,18). The van der Waals surface area contributed by atoms with Gasteiger partial charge < -0.3 is 10.1 Å². The third kappa shape index (κ3) is 5.12. The number of rotatable bonds is 5. The van der Waals surface area contributed by atoms with E-state index in [4.69, 9.17) is 4.74 Å². The van der Waals surface area contributed by atoms with Gasteiger partial charge in [0.1, 0.15) is 5.75 Å². The number of ketones is 1. The first-order valence-corrected chi connectivity index (χ1v) is 6.39. The van der Waals surface area contributed by atoms with E-state index in [-0.39, 0.29) is 23.8 Å². The zero-order chi connectivity index (χ0) is 14.5. The van der Waals surface area contributed by atoms with Gasteiger partial charge in [-0.1, -0.05) is 19.1 Å². The predicted molar refractivity (Wildman–Crippen MR) is 74.5 cm³/mol. The molecule has 0 saturated carbocycles. The van der Waals surface area contributed by atoms with Crippen LogP contribution in [0.15, 0.2) is 24.3 Å². The largest absolute Gasteiger partial charge is 0.483 e. The van der Waals surface area contributed by atoms with E-state index in [0.717, 1.165) is 0 Å². The number of amides is 1. The highest BCUT2D eigenvalue weighted by molar-refractivity contribution is 5.98. The number of carbonyl (C=O) groups excluding carboxylic acids is 2. The fraction of sp³-hybridized carbons (Fsp3) is 0.467. The van der Waals surface area contributed by atoms with Crippen LogP contribution in [0.4, 0.5) is 0 Å². The lowest BCUT2D eigenvalue weighted by Crippen LogP contribution is -2.43. The molecule has 1 rings (SSSR count). The minimum Gasteiger partial charge on any atom is -0.483 e. The lowest BCUT2D eigenvalue weighted by atomic mass is 10.1. The Labute approximate surface area is 114 Å². The van der Waals surface area contributed by atoms with Crippen LogP contribution in [0.25, 0.3) is 0 Å². The first kappa shape index (κ1) is 15.2. The smallest absolute Gasteiger partial charge is 0.258 e. The Morgan fingerprint density at radius 2 is 1.84 bits per heavy atom. The maximum absolute atomic E-state index is 11.7. The van der Waals surface area contributed by atoms with Crippen molar-refractivity contribution in [3.8, 4) is 5.75 Å². The molecule has 0 aliphatic rings. The number of nitrogens with one attached hydrogen (secondary N) is 1. The molecule has 0 radical (unpaired) electrons. The van der Waals surface area contributed by atoms with E-state index in [2.05, 4.69) is 5.32 Å². The summed E-state index contributed by atoms with van der Waals surface area (Å²) in [6, 6.07) is 6.98. The molecule has 1 aromatic rings. The third-order valence-electron chi connectivity index (χ3n) is 2.38. The second-order valence-corrected chi connectivity index (χ2v) is 5.36. The lowest BCUT2D eigenvalue weighted by molar-refractivity contribution is -0.124. The molecule has 0 saturated heterocycles. The topological polar surface area (TPSA) is 55.4 Å². The summed E-state index contributed by atoms with van der Waals surface area (Å²) in [5.41, 5.74) is 0.229. The molecular formula is C15H21NO3. The van der Waals surface area contributed by atoms with Crippen molar-refractivity contribution in [1.82, 2.24) is 5.32 Å². The summed E-state index contributed by atoms with van der Waals surface area (Å²) in [5.74, 6) is 0.261. The Hall–Kier alpha value is -1.84. The Morgan fingerprint density at radius 1 is 1.21 bits per heavy atom. The van der Waals surface area contributed by atoms with Gasteiger partial charge in [0.15, 0.2) is 12.4 Å². The van der Waals surface area contributed by atoms with Crippen LogP contribution in [0, 0.1) is 0 Å². The van der Waals surface area contributed by atoms with Crippen LogP contribution in [0.1, 0.15) is 44.5 Å². The molecule has 0 spiro atoms. The molecule has 1 N–H and O–H groups in total. The van der Waals surface area contributed by atoms with E-state index >= 15 is 0 Å². The molecule has 104 valence electrons. The first-order valence-electron chi connectivity index (χ1n) is 6.39. The number of ether oxygens (including phenoxy) is 1. The summed E-state index contributed by atoms with van der Waals surface area (Å²) in [5, 5.41) is 2.80. The Bertz CT molecular complexity index is 461. The van der Waals surface area contributed by atoms with Crippen LogP contribution < -0.4 is 10.1 Å². The molecule has 0 aliphatic carbocycles. The number of carbonyl (C=O) groups is 2.